The van der Waals surface area contributed by atoms with Crippen LogP contribution < -0.4 is 0 Å². The molecule has 0 unspecified atom stereocenters. The molecule has 3 aromatic rings. The Morgan fingerprint density at radius 3 is 2.46 bits per heavy atom. The van der Waals surface area contributed by atoms with Crippen LogP contribution in [0.5, 0.6) is 0 Å². The molecule has 28 heavy (non-hydrogen) atoms. The predicted molar refractivity (Wildman–Crippen MR) is 112 cm³/mol. The quantitative estimate of drug-likeness (QED) is 0.639. The number of carbonyl (C=O) groups excluding carboxylic acids is 1. The molecule has 0 spiro atoms. The van der Waals surface area contributed by atoms with E-state index >= 15 is 0 Å². The van der Waals surface area contributed by atoms with Crippen LogP contribution >= 0.6 is 0 Å². The van der Waals surface area contributed by atoms with Gasteiger partial charge in [-0.1, -0.05) is 29.8 Å². The molecule has 1 aliphatic carbocycles. The molecule has 1 fully saturated rings. The van der Waals surface area contributed by atoms with Gasteiger partial charge in [0.25, 0.3) is 5.91 Å². The molecule has 2 aromatic heterocycles. The Kier molecular flexibility index (Phi) is 4.69. The molecule has 1 amide bonds. The second-order valence-corrected chi connectivity index (χ2v) is 8.34. The molecule has 0 bridgehead atoms. The first-order valence-electron chi connectivity index (χ1n) is 10.1. The fourth-order valence-corrected chi connectivity index (χ4v) is 3.71. The number of amides is 1. The maximum absolute atomic E-state index is 13.4. The summed E-state index contributed by atoms with van der Waals surface area (Å²) in [6.07, 6.45) is 4.21. The zero-order chi connectivity index (χ0) is 20.0. The smallest absolute Gasteiger partial charge is 0.254 e. The molecule has 1 aliphatic rings. The zero-order valence-electron chi connectivity index (χ0n) is 17.3. The number of benzene rings is 1. The Hall–Kier alpha value is -2.69. The summed E-state index contributed by atoms with van der Waals surface area (Å²) in [4.78, 5) is 20.2. The van der Waals surface area contributed by atoms with Crippen molar-refractivity contribution < 1.29 is 4.79 Å². The van der Waals surface area contributed by atoms with E-state index in [4.69, 9.17) is 4.98 Å². The molecule has 146 valence electrons. The SMILES string of the molecule is Cc1ccc(-c2cc(C(=O)N(C)[C@H](C)C3CC3)c3cnn(C(C)C)c3n2)cc1. The molecule has 5 nitrogen and oxygen atoms in total. The third-order valence-corrected chi connectivity index (χ3v) is 5.87. The minimum atomic E-state index is 0.0449. The van der Waals surface area contributed by atoms with Gasteiger partial charge in [-0.2, -0.15) is 5.10 Å². The van der Waals surface area contributed by atoms with Crippen LogP contribution in [0.25, 0.3) is 22.3 Å². The van der Waals surface area contributed by atoms with Crippen molar-refractivity contribution in [3.63, 3.8) is 0 Å². The fourth-order valence-electron chi connectivity index (χ4n) is 3.71. The molecule has 4 rings (SSSR count). The Labute approximate surface area is 166 Å². The summed E-state index contributed by atoms with van der Waals surface area (Å²) in [5, 5.41) is 5.35. The summed E-state index contributed by atoms with van der Waals surface area (Å²) < 4.78 is 1.90. The third kappa shape index (κ3) is 3.30. The van der Waals surface area contributed by atoms with E-state index in [9.17, 15) is 4.79 Å². The maximum atomic E-state index is 13.4. The summed E-state index contributed by atoms with van der Waals surface area (Å²) in [5.41, 5.74) is 4.47. The molecule has 2 heterocycles. The molecule has 1 aromatic carbocycles. The van der Waals surface area contributed by atoms with Crippen molar-refractivity contribution in [1.29, 1.82) is 0 Å². The number of aromatic nitrogens is 3. The number of hydrogen-bond acceptors (Lipinski definition) is 3. The highest BCUT2D eigenvalue weighted by molar-refractivity contribution is 6.06. The van der Waals surface area contributed by atoms with E-state index in [2.05, 4.69) is 57.1 Å². The average Bonchev–Trinajstić information content (AvgIpc) is 3.44. The molecule has 0 saturated heterocycles. The Balaban J connectivity index is 1.86. The van der Waals surface area contributed by atoms with E-state index in [1.807, 2.05) is 22.7 Å². The highest BCUT2D eigenvalue weighted by atomic mass is 16.2. The standard InChI is InChI=1S/C23H28N4O/c1-14(2)27-22-20(13-24-27)19(23(28)26(5)16(4)17-10-11-17)12-21(25-22)18-8-6-15(3)7-9-18/h6-9,12-14,16-17H,10-11H2,1-5H3/t16-/m1/s1. The van der Waals surface area contributed by atoms with E-state index in [1.54, 1.807) is 6.20 Å². The van der Waals surface area contributed by atoms with Gasteiger partial charge in [0, 0.05) is 24.7 Å². The molecule has 0 N–H and O–H groups in total. The van der Waals surface area contributed by atoms with Gasteiger partial charge in [0.05, 0.1) is 22.8 Å². The summed E-state index contributed by atoms with van der Waals surface area (Å²) >= 11 is 0. The van der Waals surface area contributed by atoms with E-state index in [0.29, 0.717) is 11.5 Å². The van der Waals surface area contributed by atoms with Gasteiger partial charge >= 0.3 is 0 Å². The van der Waals surface area contributed by atoms with Crippen LogP contribution in [-0.2, 0) is 0 Å². The van der Waals surface area contributed by atoms with Gasteiger partial charge in [-0.05, 0) is 52.5 Å². The van der Waals surface area contributed by atoms with Gasteiger partial charge in [-0.25, -0.2) is 9.67 Å². The molecule has 1 atom stereocenters. The number of hydrogen-bond donors (Lipinski definition) is 0. The van der Waals surface area contributed by atoms with E-state index in [1.165, 1.54) is 18.4 Å². The minimum absolute atomic E-state index is 0.0449. The summed E-state index contributed by atoms with van der Waals surface area (Å²) in [7, 11) is 1.91. The number of rotatable bonds is 5. The second-order valence-electron chi connectivity index (χ2n) is 8.34. The van der Waals surface area contributed by atoms with E-state index in [-0.39, 0.29) is 18.0 Å². The van der Waals surface area contributed by atoms with Gasteiger partial charge in [0.2, 0.25) is 0 Å². The lowest BCUT2D eigenvalue weighted by Crippen LogP contribution is -2.36. The molecule has 5 heteroatoms. The van der Waals surface area contributed by atoms with Crippen molar-refractivity contribution >= 4 is 16.9 Å². The van der Waals surface area contributed by atoms with Crippen molar-refractivity contribution in [1.82, 2.24) is 19.7 Å². The number of aryl methyl sites for hydroxylation is 1. The van der Waals surface area contributed by atoms with Gasteiger partial charge in [-0.15, -0.1) is 0 Å². The van der Waals surface area contributed by atoms with Crippen LogP contribution in [0.3, 0.4) is 0 Å². The van der Waals surface area contributed by atoms with Crippen molar-refractivity contribution in [2.45, 2.75) is 52.6 Å². The lowest BCUT2D eigenvalue weighted by atomic mass is 10.0. The number of fused-ring (bicyclic) bond motifs is 1. The largest absolute Gasteiger partial charge is 0.339 e. The van der Waals surface area contributed by atoms with Crippen molar-refractivity contribution in [2.24, 2.45) is 5.92 Å². The predicted octanol–water partition coefficient (Wildman–Crippen LogP) is 4.86. The second kappa shape index (κ2) is 7.04. The Morgan fingerprint density at radius 1 is 1.18 bits per heavy atom. The Bertz CT molecular complexity index is 1020. The zero-order valence-corrected chi connectivity index (χ0v) is 17.3. The van der Waals surface area contributed by atoms with E-state index in [0.717, 1.165) is 22.3 Å². The molecule has 0 radical (unpaired) electrons. The normalized spacial score (nSPS) is 15.2. The van der Waals surface area contributed by atoms with Gasteiger partial charge in [0.1, 0.15) is 0 Å². The van der Waals surface area contributed by atoms with Crippen LogP contribution in [0.2, 0.25) is 0 Å². The van der Waals surface area contributed by atoms with Gasteiger partial charge in [-0.3, -0.25) is 4.79 Å². The first-order chi connectivity index (χ1) is 13.4. The monoisotopic (exact) mass is 376 g/mol. The summed E-state index contributed by atoms with van der Waals surface area (Å²) in [5.74, 6) is 0.671. The van der Waals surface area contributed by atoms with Crippen LogP contribution in [-0.4, -0.2) is 38.7 Å². The number of nitrogens with zero attached hydrogens (tertiary/aromatic N) is 4. The maximum Gasteiger partial charge on any atom is 0.254 e. The lowest BCUT2D eigenvalue weighted by Gasteiger charge is -2.25. The summed E-state index contributed by atoms with van der Waals surface area (Å²) in [6, 6.07) is 10.6. The Morgan fingerprint density at radius 2 is 1.86 bits per heavy atom. The number of carbonyl (C=O) groups is 1. The van der Waals surface area contributed by atoms with Crippen molar-refractivity contribution in [3.05, 3.63) is 47.7 Å². The number of pyridine rings is 1. The van der Waals surface area contributed by atoms with Crippen molar-refractivity contribution in [3.8, 4) is 11.3 Å². The lowest BCUT2D eigenvalue weighted by molar-refractivity contribution is 0.0729. The highest BCUT2D eigenvalue weighted by Crippen LogP contribution is 2.36. The van der Waals surface area contributed by atoms with Crippen LogP contribution in [0.15, 0.2) is 36.5 Å². The third-order valence-electron chi connectivity index (χ3n) is 5.87. The van der Waals surface area contributed by atoms with E-state index < -0.39 is 0 Å². The van der Waals surface area contributed by atoms with Gasteiger partial charge in [0.15, 0.2) is 5.65 Å². The topological polar surface area (TPSA) is 51.0 Å². The fraction of sp³-hybridized carbons (Fsp3) is 0.435. The molecular formula is C23H28N4O. The minimum Gasteiger partial charge on any atom is -0.339 e. The van der Waals surface area contributed by atoms with Crippen LogP contribution in [0.1, 0.15) is 55.6 Å². The first kappa shape index (κ1) is 18.7. The van der Waals surface area contributed by atoms with Gasteiger partial charge < -0.3 is 4.90 Å². The van der Waals surface area contributed by atoms with Crippen LogP contribution in [0, 0.1) is 12.8 Å². The molecule has 1 saturated carbocycles. The van der Waals surface area contributed by atoms with Crippen molar-refractivity contribution in [2.75, 3.05) is 7.05 Å². The van der Waals surface area contributed by atoms with Crippen LogP contribution in [0.4, 0.5) is 0 Å². The summed E-state index contributed by atoms with van der Waals surface area (Å²) in [6.45, 7) is 8.37. The highest BCUT2D eigenvalue weighted by Gasteiger charge is 2.33. The molecule has 0 aliphatic heterocycles. The first-order valence-corrected chi connectivity index (χ1v) is 10.1. The molecular weight excluding hydrogens is 348 g/mol. The average molecular weight is 377 g/mol.